The molecule has 0 fully saturated rings. The highest BCUT2D eigenvalue weighted by Gasteiger charge is 2.18. The monoisotopic (exact) mass is 289 g/mol. The Morgan fingerprint density at radius 3 is 3.00 bits per heavy atom. The number of amides is 1. The average molecular weight is 289 g/mol. The number of fused-ring (bicyclic) bond motifs is 1. The first kappa shape index (κ1) is 12.7. The van der Waals surface area contributed by atoms with Crippen LogP contribution in [0.25, 0.3) is 0 Å². The number of nitrogens with zero attached hydrogens (tertiary/aromatic N) is 3. The predicted octanol–water partition coefficient (Wildman–Crippen LogP) is 1.34. The number of para-hydroxylation sites is 1. The van der Waals surface area contributed by atoms with Gasteiger partial charge in [0.15, 0.2) is 0 Å². The van der Waals surface area contributed by atoms with E-state index in [1.807, 2.05) is 6.92 Å². The van der Waals surface area contributed by atoms with Crippen molar-refractivity contribution in [2.45, 2.75) is 12.1 Å². The normalized spacial score (nSPS) is 13.8. The molecule has 2 aromatic rings. The zero-order chi connectivity index (χ0) is 13.9. The van der Waals surface area contributed by atoms with Gasteiger partial charge in [0, 0.05) is 0 Å². The molecule has 0 saturated carbocycles. The van der Waals surface area contributed by atoms with Crippen molar-refractivity contribution in [1.82, 2.24) is 20.6 Å². The maximum atomic E-state index is 11.8. The van der Waals surface area contributed by atoms with Crippen LogP contribution < -0.4 is 10.2 Å². The van der Waals surface area contributed by atoms with E-state index >= 15 is 0 Å². The lowest BCUT2D eigenvalue weighted by Gasteiger charge is -2.06. The highest BCUT2D eigenvalue weighted by atomic mass is 32.2. The number of aryl methyl sites for hydroxylation is 1. The summed E-state index contributed by atoms with van der Waals surface area (Å²) in [4.78, 5) is 16.0. The van der Waals surface area contributed by atoms with Gasteiger partial charge in [-0.15, -0.1) is 10.2 Å². The lowest BCUT2D eigenvalue weighted by atomic mass is 10.2. The first-order valence-electron chi connectivity index (χ1n) is 5.88. The quantitative estimate of drug-likeness (QED) is 0.832. The number of hydrogen-bond acceptors (Lipinski definition) is 6. The number of nitrogens with one attached hydrogen (secondary N) is 2. The third kappa shape index (κ3) is 2.64. The molecule has 0 radical (unpaired) electrons. The number of hydrazone groups is 1. The second-order valence-corrected chi connectivity index (χ2v) is 4.98. The van der Waals surface area contributed by atoms with Gasteiger partial charge in [-0.2, -0.15) is 0 Å². The van der Waals surface area contributed by atoms with Crippen molar-refractivity contribution in [2.24, 2.45) is 5.10 Å². The minimum Gasteiger partial charge on any atom is -0.440 e. The van der Waals surface area contributed by atoms with Crippen LogP contribution >= 0.6 is 11.8 Å². The molecule has 0 spiro atoms. The highest BCUT2D eigenvalue weighted by Crippen LogP contribution is 2.21. The van der Waals surface area contributed by atoms with Crippen LogP contribution in [0.5, 0.6) is 5.75 Å². The number of H-pyrrole nitrogens is 1. The first-order chi connectivity index (χ1) is 9.72. The maximum absolute atomic E-state index is 11.8. The SMILES string of the molecule is Cc1nc(SCC2=NNC(=O)c3ccccc3O2)n[nH]1. The molecule has 0 saturated heterocycles. The van der Waals surface area contributed by atoms with Gasteiger partial charge in [-0.05, 0) is 19.1 Å². The van der Waals surface area contributed by atoms with Crippen LogP contribution in [0.15, 0.2) is 34.5 Å². The van der Waals surface area contributed by atoms with E-state index in [9.17, 15) is 4.79 Å². The molecule has 20 heavy (non-hydrogen) atoms. The van der Waals surface area contributed by atoms with Gasteiger partial charge in [-0.25, -0.2) is 10.4 Å². The first-order valence-corrected chi connectivity index (χ1v) is 6.86. The van der Waals surface area contributed by atoms with Crippen LogP contribution in [0.3, 0.4) is 0 Å². The van der Waals surface area contributed by atoms with E-state index in [-0.39, 0.29) is 5.91 Å². The zero-order valence-corrected chi connectivity index (χ0v) is 11.4. The molecule has 102 valence electrons. The Labute approximate surface area is 118 Å². The Bertz CT molecular complexity index is 682. The third-order valence-electron chi connectivity index (χ3n) is 2.54. The summed E-state index contributed by atoms with van der Waals surface area (Å²) in [6, 6.07) is 7.00. The summed E-state index contributed by atoms with van der Waals surface area (Å²) in [7, 11) is 0. The van der Waals surface area contributed by atoms with Crippen molar-refractivity contribution in [2.75, 3.05) is 5.75 Å². The number of carbonyl (C=O) groups is 1. The number of aromatic amines is 1. The lowest BCUT2D eigenvalue weighted by Crippen LogP contribution is -2.18. The summed E-state index contributed by atoms with van der Waals surface area (Å²) in [5, 5.41) is 11.3. The predicted molar refractivity (Wildman–Crippen MR) is 73.8 cm³/mol. The van der Waals surface area contributed by atoms with Gasteiger partial charge < -0.3 is 4.74 Å². The summed E-state index contributed by atoms with van der Waals surface area (Å²) in [5.41, 5.74) is 2.92. The molecule has 1 aromatic heterocycles. The van der Waals surface area contributed by atoms with Crippen LogP contribution in [0, 0.1) is 6.92 Å². The molecule has 0 bridgehead atoms. The molecular formula is C12H11N5O2S. The van der Waals surface area contributed by atoms with Gasteiger partial charge in [0.2, 0.25) is 11.1 Å². The molecule has 1 aliphatic rings. The van der Waals surface area contributed by atoms with Crippen LogP contribution in [0.4, 0.5) is 0 Å². The molecule has 7 nitrogen and oxygen atoms in total. The molecular weight excluding hydrogens is 278 g/mol. The molecule has 1 aromatic carbocycles. The van der Waals surface area contributed by atoms with Crippen molar-refractivity contribution in [1.29, 1.82) is 0 Å². The van der Waals surface area contributed by atoms with Crippen LogP contribution in [-0.2, 0) is 0 Å². The summed E-state index contributed by atoms with van der Waals surface area (Å²) in [6.45, 7) is 1.83. The largest absolute Gasteiger partial charge is 0.440 e. The standard InChI is InChI=1S/C12H11N5O2S/c1-7-13-12(17-14-7)20-6-10-15-16-11(18)8-4-2-3-5-9(8)19-10/h2-5H,6H2,1H3,(H,16,18)(H,13,14,17). The molecule has 0 atom stereocenters. The number of thioether (sulfide) groups is 1. The van der Waals surface area contributed by atoms with E-state index in [0.29, 0.717) is 28.1 Å². The number of rotatable bonds is 3. The molecule has 2 N–H and O–H groups in total. The fourth-order valence-electron chi connectivity index (χ4n) is 1.64. The Hall–Kier alpha value is -2.35. The second kappa shape index (κ2) is 5.33. The smallest absolute Gasteiger partial charge is 0.275 e. The second-order valence-electron chi connectivity index (χ2n) is 4.04. The van der Waals surface area contributed by atoms with Gasteiger partial charge in [0.25, 0.3) is 5.91 Å². The molecule has 8 heteroatoms. The number of carbonyl (C=O) groups excluding carboxylic acids is 1. The minimum atomic E-state index is -0.283. The molecule has 3 rings (SSSR count). The number of aromatic nitrogens is 3. The molecule has 1 amide bonds. The molecule has 0 unspecified atom stereocenters. The summed E-state index contributed by atoms with van der Waals surface area (Å²) in [6.07, 6.45) is 0. The Morgan fingerprint density at radius 1 is 1.35 bits per heavy atom. The van der Waals surface area contributed by atoms with Gasteiger partial charge in [-0.1, -0.05) is 23.9 Å². The van der Waals surface area contributed by atoms with Crippen LogP contribution in [-0.4, -0.2) is 32.7 Å². The van der Waals surface area contributed by atoms with Gasteiger partial charge in [0.1, 0.15) is 11.6 Å². The Balaban J connectivity index is 1.73. The Kier molecular flexibility index (Phi) is 3.38. The fraction of sp³-hybridized carbons (Fsp3) is 0.167. The Morgan fingerprint density at radius 2 is 2.20 bits per heavy atom. The summed E-state index contributed by atoms with van der Waals surface area (Å²) < 4.78 is 5.64. The highest BCUT2D eigenvalue weighted by molar-refractivity contribution is 7.99. The van der Waals surface area contributed by atoms with Gasteiger partial charge >= 0.3 is 0 Å². The lowest BCUT2D eigenvalue weighted by molar-refractivity contribution is 0.0955. The van der Waals surface area contributed by atoms with E-state index in [0.717, 1.165) is 5.82 Å². The minimum absolute atomic E-state index is 0.283. The van der Waals surface area contributed by atoms with Crippen LogP contribution in [0.1, 0.15) is 16.2 Å². The van der Waals surface area contributed by atoms with Crippen molar-refractivity contribution < 1.29 is 9.53 Å². The van der Waals surface area contributed by atoms with Crippen LogP contribution in [0.2, 0.25) is 0 Å². The third-order valence-corrected chi connectivity index (χ3v) is 3.38. The van der Waals surface area contributed by atoms with Gasteiger partial charge in [-0.3, -0.25) is 9.89 Å². The van der Waals surface area contributed by atoms with Crippen molar-refractivity contribution in [3.05, 3.63) is 35.7 Å². The van der Waals surface area contributed by atoms with E-state index in [1.165, 1.54) is 11.8 Å². The van der Waals surface area contributed by atoms with Crippen molar-refractivity contribution >= 4 is 23.6 Å². The number of ether oxygens (including phenoxy) is 1. The van der Waals surface area contributed by atoms with E-state index in [4.69, 9.17) is 4.74 Å². The van der Waals surface area contributed by atoms with E-state index in [2.05, 4.69) is 25.7 Å². The van der Waals surface area contributed by atoms with E-state index in [1.54, 1.807) is 24.3 Å². The molecule has 0 aliphatic carbocycles. The zero-order valence-electron chi connectivity index (χ0n) is 10.6. The topological polar surface area (TPSA) is 92.3 Å². The fourth-order valence-corrected chi connectivity index (χ4v) is 2.33. The van der Waals surface area contributed by atoms with Crippen molar-refractivity contribution in [3.63, 3.8) is 0 Å². The number of hydrogen-bond donors (Lipinski definition) is 2. The average Bonchev–Trinajstić information content (AvgIpc) is 2.80. The van der Waals surface area contributed by atoms with E-state index < -0.39 is 0 Å². The summed E-state index contributed by atoms with van der Waals surface area (Å²) in [5.74, 6) is 1.78. The molecule has 2 heterocycles. The number of benzene rings is 1. The summed E-state index contributed by atoms with van der Waals surface area (Å²) >= 11 is 1.37. The molecule has 1 aliphatic heterocycles. The maximum Gasteiger partial charge on any atom is 0.275 e. The van der Waals surface area contributed by atoms with Crippen molar-refractivity contribution in [3.8, 4) is 5.75 Å². The van der Waals surface area contributed by atoms with Gasteiger partial charge in [0.05, 0.1) is 11.3 Å².